The van der Waals surface area contributed by atoms with Gasteiger partial charge in [-0.25, -0.2) is 14.4 Å². The van der Waals surface area contributed by atoms with Crippen LogP contribution in [0.1, 0.15) is 10.5 Å². The molecular formula is C14H7Cl4FN2O. The van der Waals surface area contributed by atoms with Crippen LogP contribution in [0.25, 0.3) is 11.3 Å². The molecular weight excluding hydrogens is 373 g/mol. The maximum absolute atomic E-state index is 14.2. The molecule has 0 saturated carbocycles. The number of terminal acetylenes is 1. The fourth-order valence-electron chi connectivity index (χ4n) is 1.66. The van der Waals surface area contributed by atoms with E-state index in [0.717, 1.165) is 6.07 Å². The van der Waals surface area contributed by atoms with Crippen LogP contribution < -0.4 is 4.74 Å². The Labute approximate surface area is 146 Å². The molecule has 0 aliphatic heterocycles. The quantitative estimate of drug-likeness (QED) is 0.549. The van der Waals surface area contributed by atoms with Gasteiger partial charge in [-0.2, -0.15) is 0 Å². The minimum atomic E-state index is -0.971. The molecule has 0 fully saturated rings. The smallest absolute Gasteiger partial charge is 0.151 e. The third-order valence-electron chi connectivity index (χ3n) is 2.61. The highest BCUT2D eigenvalue weighted by atomic mass is 35.5. The molecule has 0 bridgehead atoms. The first-order valence-corrected chi connectivity index (χ1v) is 7.42. The van der Waals surface area contributed by atoms with Gasteiger partial charge in [0, 0.05) is 5.56 Å². The van der Waals surface area contributed by atoms with Crippen molar-refractivity contribution in [3.63, 3.8) is 0 Å². The lowest BCUT2D eigenvalue weighted by Crippen LogP contribution is -1.99. The topological polar surface area (TPSA) is 35.0 Å². The normalized spacial score (nSPS) is 10.6. The molecule has 0 spiro atoms. The van der Waals surface area contributed by atoms with Crippen LogP contribution in [0.5, 0.6) is 5.75 Å². The maximum Gasteiger partial charge on any atom is 0.151 e. The molecule has 2 aromatic rings. The van der Waals surface area contributed by atoms with Crippen LogP contribution in [0.3, 0.4) is 0 Å². The molecule has 0 aliphatic carbocycles. The van der Waals surface area contributed by atoms with Gasteiger partial charge in [0.05, 0.1) is 21.4 Å². The number of alkyl halides is 2. The molecule has 114 valence electrons. The van der Waals surface area contributed by atoms with Crippen LogP contribution >= 0.6 is 46.4 Å². The molecule has 22 heavy (non-hydrogen) atoms. The Bertz CT molecular complexity index is 746. The van der Waals surface area contributed by atoms with E-state index in [1.165, 1.54) is 12.4 Å². The summed E-state index contributed by atoms with van der Waals surface area (Å²) in [7, 11) is 0. The molecule has 3 nitrogen and oxygen atoms in total. The highest BCUT2D eigenvalue weighted by Gasteiger charge is 2.20. The van der Waals surface area contributed by atoms with Crippen molar-refractivity contribution in [3.8, 4) is 29.4 Å². The first-order valence-electron chi connectivity index (χ1n) is 5.80. The number of rotatable bonds is 4. The van der Waals surface area contributed by atoms with Crippen LogP contribution in [0.2, 0.25) is 10.0 Å². The summed E-state index contributed by atoms with van der Waals surface area (Å²) in [5.41, 5.74) is 0.368. The highest BCUT2D eigenvalue weighted by molar-refractivity contribution is 6.45. The molecule has 0 saturated heterocycles. The van der Waals surface area contributed by atoms with E-state index in [9.17, 15) is 4.39 Å². The second kappa shape index (κ2) is 7.34. The summed E-state index contributed by atoms with van der Waals surface area (Å²) in [5, 5.41) is 0.121. The van der Waals surface area contributed by atoms with E-state index < -0.39 is 10.7 Å². The molecule has 1 aromatic heterocycles. The molecule has 0 atom stereocenters. The summed E-state index contributed by atoms with van der Waals surface area (Å²) in [6, 6.07) is 2.43. The average Bonchev–Trinajstić information content (AvgIpc) is 2.47. The fourth-order valence-corrected chi connectivity index (χ4v) is 2.62. The molecule has 0 amide bonds. The van der Waals surface area contributed by atoms with Crippen LogP contribution in [-0.4, -0.2) is 16.6 Å². The highest BCUT2D eigenvalue weighted by Crippen LogP contribution is 2.38. The van der Waals surface area contributed by atoms with Crippen molar-refractivity contribution in [1.29, 1.82) is 0 Å². The molecule has 1 heterocycles. The van der Waals surface area contributed by atoms with Gasteiger partial charge in [-0.05, 0) is 12.1 Å². The number of halogens is 5. The van der Waals surface area contributed by atoms with E-state index in [0.29, 0.717) is 0 Å². The molecule has 8 heteroatoms. The SMILES string of the molecule is C#CCOc1cc(-c2ncnc(C(Cl)Cl)c2Cl)c(F)cc1Cl. The van der Waals surface area contributed by atoms with Crippen molar-refractivity contribution >= 4 is 46.4 Å². The molecule has 0 unspecified atom stereocenters. The Morgan fingerprint density at radius 1 is 1.27 bits per heavy atom. The van der Waals surface area contributed by atoms with Crippen molar-refractivity contribution in [3.05, 3.63) is 40.0 Å². The lowest BCUT2D eigenvalue weighted by Gasteiger charge is -2.12. The van der Waals surface area contributed by atoms with E-state index in [1.807, 2.05) is 0 Å². The van der Waals surface area contributed by atoms with Gasteiger partial charge in [0.15, 0.2) is 4.84 Å². The lowest BCUT2D eigenvalue weighted by molar-refractivity contribution is 0.370. The predicted octanol–water partition coefficient (Wildman–Crippen LogP) is 5.08. The summed E-state index contributed by atoms with van der Waals surface area (Å²) in [6.07, 6.45) is 6.30. The average molecular weight is 380 g/mol. The third kappa shape index (κ3) is 3.56. The van der Waals surface area contributed by atoms with E-state index in [-0.39, 0.29) is 39.4 Å². The zero-order valence-corrected chi connectivity index (χ0v) is 13.8. The molecule has 0 radical (unpaired) electrons. The van der Waals surface area contributed by atoms with Crippen LogP contribution in [0.15, 0.2) is 18.5 Å². The van der Waals surface area contributed by atoms with E-state index in [1.54, 1.807) is 0 Å². The van der Waals surface area contributed by atoms with Crippen molar-refractivity contribution in [1.82, 2.24) is 9.97 Å². The standard InChI is InChI=1S/C14H7Cl4FN2O/c1-2-3-22-10-4-7(9(19)5-8(10)15)12-11(16)13(14(17)18)21-6-20-12/h1,4-6,14H,3H2. The number of aromatic nitrogens is 2. The Morgan fingerprint density at radius 3 is 2.64 bits per heavy atom. The summed E-state index contributed by atoms with van der Waals surface area (Å²) >= 11 is 23.6. The zero-order valence-electron chi connectivity index (χ0n) is 10.8. The molecule has 2 rings (SSSR count). The zero-order chi connectivity index (χ0) is 16.3. The summed E-state index contributed by atoms with van der Waals surface area (Å²) < 4.78 is 19.4. The molecule has 1 aromatic carbocycles. The number of hydrogen-bond acceptors (Lipinski definition) is 3. The second-order valence-electron chi connectivity index (χ2n) is 3.98. The van der Waals surface area contributed by atoms with Gasteiger partial charge in [-0.1, -0.05) is 52.3 Å². The largest absolute Gasteiger partial charge is 0.479 e. The van der Waals surface area contributed by atoms with Gasteiger partial charge in [0.1, 0.15) is 24.5 Å². The van der Waals surface area contributed by atoms with Crippen molar-refractivity contribution < 1.29 is 9.13 Å². The van der Waals surface area contributed by atoms with Gasteiger partial charge >= 0.3 is 0 Å². The minimum Gasteiger partial charge on any atom is -0.479 e. The number of nitrogens with zero attached hydrogens (tertiary/aromatic N) is 2. The summed E-state index contributed by atoms with van der Waals surface area (Å²) in [4.78, 5) is 6.86. The Kier molecular flexibility index (Phi) is 5.71. The monoisotopic (exact) mass is 378 g/mol. The van der Waals surface area contributed by atoms with Gasteiger partial charge in [-0.15, -0.1) is 6.42 Å². The number of hydrogen-bond donors (Lipinski definition) is 0. The molecule has 0 aliphatic rings. The summed E-state index contributed by atoms with van der Waals surface area (Å²) in [6.45, 7) is -0.0149. The Balaban J connectivity index is 2.58. The van der Waals surface area contributed by atoms with Gasteiger partial charge in [0.2, 0.25) is 0 Å². The number of ether oxygens (including phenoxy) is 1. The second-order valence-corrected chi connectivity index (χ2v) is 5.86. The van der Waals surface area contributed by atoms with Crippen LogP contribution in [0, 0.1) is 18.2 Å². The maximum atomic E-state index is 14.2. The first kappa shape index (κ1) is 17.1. The van der Waals surface area contributed by atoms with Crippen molar-refractivity contribution in [2.45, 2.75) is 4.84 Å². The minimum absolute atomic E-state index is 0.0149. The Hall–Kier alpha value is -1.25. The number of benzene rings is 1. The summed E-state index contributed by atoms with van der Waals surface area (Å²) in [5.74, 6) is 1.87. The fraction of sp³-hybridized carbons (Fsp3) is 0.143. The first-order chi connectivity index (χ1) is 10.5. The van der Waals surface area contributed by atoms with Crippen LogP contribution in [0.4, 0.5) is 4.39 Å². The Morgan fingerprint density at radius 2 is 2.00 bits per heavy atom. The molecule has 0 N–H and O–H groups in total. The van der Waals surface area contributed by atoms with Gasteiger partial charge < -0.3 is 4.74 Å². The van der Waals surface area contributed by atoms with E-state index in [4.69, 9.17) is 57.6 Å². The van der Waals surface area contributed by atoms with Crippen molar-refractivity contribution in [2.24, 2.45) is 0 Å². The van der Waals surface area contributed by atoms with Crippen molar-refractivity contribution in [2.75, 3.05) is 6.61 Å². The lowest BCUT2D eigenvalue weighted by atomic mass is 10.1. The van der Waals surface area contributed by atoms with E-state index in [2.05, 4.69) is 15.9 Å². The van der Waals surface area contributed by atoms with Crippen LogP contribution in [-0.2, 0) is 0 Å². The predicted molar refractivity (Wildman–Crippen MR) is 86.2 cm³/mol. The van der Waals surface area contributed by atoms with E-state index >= 15 is 0 Å². The van der Waals surface area contributed by atoms with Gasteiger partial charge in [-0.3, -0.25) is 0 Å². The third-order valence-corrected chi connectivity index (χ3v) is 3.69. The van der Waals surface area contributed by atoms with Gasteiger partial charge in [0.25, 0.3) is 0 Å².